The number of urea groups is 1. The zero-order valence-corrected chi connectivity index (χ0v) is 15.5. The zero-order chi connectivity index (χ0) is 19.0. The molecule has 2 saturated carbocycles. The third-order valence-corrected chi connectivity index (χ3v) is 6.35. The number of likely N-dealkylation sites (tertiary alicyclic amines) is 1. The fraction of sp³-hybridized carbons (Fsp3) is 0.650. The number of nitrogens with zero attached hydrogens (tertiary/aromatic N) is 2. The van der Waals surface area contributed by atoms with Crippen LogP contribution in [0.5, 0.6) is 0 Å². The van der Waals surface area contributed by atoms with Crippen molar-refractivity contribution in [3.63, 3.8) is 0 Å². The Kier molecular flexibility index (Phi) is 5.32. The van der Waals surface area contributed by atoms with Gasteiger partial charge in [0, 0.05) is 43.5 Å². The van der Waals surface area contributed by atoms with Crippen LogP contribution in [0.1, 0.15) is 32.1 Å². The Balaban J connectivity index is 1.42. The van der Waals surface area contributed by atoms with Gasteiger partial charge in [0.15, 0.2) is 11.6 Å². The molecule has 4 atom stereocenters. The van der Waals surface area contributed by atoms with E-state index in [1.54, 1.807) is 0 Å². The van der Waals surface area contributed by atoms with Crippen LogP contribution in [0.2, 0.25) is 0 Å². The molecule has 4 rings (SSSR count). The minimum atomic E-state index is -0.955. The Labute approximate surface area is 158 Å². The van der Waals surface area contributed by atoms with Crippen molar-refractivity contribution in [3.05, 3.63) is 29.8 Å². The molecule has 2 aliphatic carbocycles. The van der Waals surface area contributed by atoms with Gasteiger partial charge in [0.2, 0.25) is 0 Å². The van der Waals surface area contributed by atoms with Crippen molar-refractivity contribution in [2.45, 2.75) is 44.2 Å². The first-order valence-electron chi connectivity index (χ1n) is 10.00. The lowest BCUT2D eigenvalue weighted by Crippen LogP contribution is -2.47. The van der Waals surface area contributed by atoms with Crippen molar-refractivity contribution in [1.82, 2.24) is 9.80 Å². The number of halogens is 2. The van der Waals surface area contributed by atoms with Crippen molar-refractivity contribution in [3.8, 4) is 0 Å². The van der Waals surface area contributed by atoms with E-state index in [4.69, 9.17) is 5.73 Å². The topological polar surface area (TPSA) is 61.6 Å². The van der Waals surface area contributed by atoms with Crippen molar-refractivity contribution < 1.29 is 13.6 Å². The highest BCUT2D eigenvalue weighted by molar-refractivity contribution is 5.89. The standard InChI is InChI=1S/C20H28F2N4O/c21-18-4-2-16(11-19(18)22)24-20(27)26(8-7-25-6-5-15(23)12-25)17-3-1-13-9-14(13)10-17/h2,4,11,13-15,17H,1,3,5-10,12,23H2,(H,24,27). The SMILES string of the molecule is NC1CCN(CCN(C(=O)Nc2ccc(F)c(F)c2)C2CCC3CC3C2)C1. The van der Waals surface area contributed by atoms with Gasteiger partial charge in [-0.3, -0.25) is 4.90 Å². The summed E-state index contributed by atoms with van der Waals surface area (Å²) >= 11 is 0. The van der Waals surface area contributed by atoms with Gasteiger partial charge >= 0.3 is 6.03 Å². The van der Waals surface area contributed by atoms with Crippen molar-refractivity contribution >= 4 is 11.7 Å². The molecule has 27 heavy (non-hydrogen) atoms. The van der Waals surface area contributed by atoms with E-state index >= 15 is 0 Å². The third kappa shape index (κ3) is 4.41. The highest BCUT2D eigenvalue weighted by Crippen LogP contribution is 2.50. The van der Waals surface area contributed by atoms with Crippen LogP contribution in [-0.2, 0) is 0 Å². The molecule has 4 unspecified atom stereocenters. The molecule has 7 heteroatoms. The Morgan fingerprint density at radius 1 is 1.19 bits per heavy atom. The normalized spacial score (nSPS) is 30.0. The van der Waals surface area contributed by atoms with Crippen LogP contribution in [0.25, 0.3) is 0 Å². The van der Waals surface area contributed by atoms with Gasteiger partial charge in [-0.15, -0.1) is 0 Å². The number of benzene rings is 1. The molecule has 1 aromatic carbocycles. The van der Waals surface area contributed by atoms with Gasteiger partial charge < -0.3 is 16.0 Å². The number of hydrogen-bond acceptors (Lipinski definition) is 3. The minimum Gasteiger partial charge on any atom is -0.326 e. The highest BCUT2D eigenvalue weighted by atomic mass is 19.2. The monoisotopic (exact) mass is 378 g/mol. The van der Waals surface area contributed by atoms with Gasteiger partial charge in [0.1, 0.15) is 0 Å². The number of nitrogens with two attached hydrogens (primary N) is 1. The Morgan fingerprint density at radius 2 is 2.04 bits per heavy atom. The summed E-state index contributed by atoms with van der Waals surface area (Å²) in [4.78, 5) is 17.2. The van der Waals surface area contributed by atoms with E-state index in [9.17, 15) is 13.6 Å². The van der Waals surface area contributed by atoms with Crippen LogP contribution in [-0.4, -0.2) is 54.1 Å². The third-order valence-electron chi connectivity index (χ3n) is 6.35. The smallest absolute Gasteiger partial charge is 0.322 e. The molecule has 1 heterocycles. The first-order chi connectivity index (χ1) is 13.0. The molecule has 0 radical (unpaired) electrons. The maximum atomic E-state index is 13.5. The molecule has 3 fully saturated rings. The maximum Gasteiger partial charge on any atom is 0.322 e. The summed E-state index contributed by atoms with van der Waals surface area (Å²) in [6, 6.07) is 3.67. The van der Waals surface area contributed by atoms with Gasteiger partial charge in [-0.05, 0) is 62.6 Å². The molecule has 0 aromatic heterocycles. The predicted molar refractivity (Wildman–Crippen MR) is 100 cm³/mol. The second-order valence-corrected chi connectivity index (χ2v) is 8.32. The first kappa shape index (κ1) is 18.6. The zero-order valence-electron chi connectivity index (χ0n) is 15.5. The lowest BCUT2D eigenvalue weighted by Gasteiger charge is -2.35. The lowest BCUT2D eigenvalue weighted by atomic mass is 9.94. The molecule has 1 saturated heterocycles. The van der Waals surface area contributed by atoms with Crippen molar-refractivity contribution in [2.75, 3.05) is 31.5 Å². The fourth-order valence-electron chi connectivity index (χ4n) is 4.64. The molecule has 1 aromatic rings. The summed E-state index contributed by atoms with van der Waals surface area (Å²) in [5, 5.41) is 2.76. The number of rotatable bonds is 5. The lowest BCUT2D eigenvalue weighted by molar-refractivity contribution is 0.153. The number of carbonyl (C=O) groups excluding carboxylic acids is 1. The van der Waals surface area contributed by atoms with E-state index in [0.717, 1.165) is 62.9 Å². The number of amides is 2. The van der Waals surface area contributed by atoms with E-state index in [0.29, 0.717) is 6.54 Å². The number of nitrogens with one attached hydrogen (secondary N) is 1. The molecule has 0 bridgehead atoms. The molecule has 2 amide bonds. The molecule has 148 valence electrons. The molecular weight excluding hydrogens is 350 g/mol. The number of anilines is 1. The van der Waals surface area contributed by atoms with E-state index in [-0.39, 0.29) is 23.8 Å². The average molecular weight is 378 g/mol. The summed E-state index contributed by atoms with van der Waals surface area (Å²) in [6.07, 6.45) is 5.53. The summed E-state index contributed by atoms with van der Waals surface area (Å²) in [5.41, 5.74) is 6.27. The summed E-state index contributed by atoms with van der Waals surface area (Å²) < 4.78 is 26.6. The number of carbonyl (C=O) groups is 1. The summed E-state index contributed by atoms with van der Waals surface area (Å²) in [5.74, 6) is -0.261. The quantitative estimate of drug-likeness (QED) is 0.828. The van der Waals surface area contributed by atoms with Gasteiger partial charge in [0.25, 0.3) is 0 Å². The predicted octanol–water partition coefficient (Wildman–Crippen LogP) is 3.02. The Morgan fingerprint density at radius 3 is 2.74 bits per heavy atom. The Hall–Kier alpha value is -1.73. The van der Waals surface area contributed by atoms with E-state index in [1.807, 2.05) is 4.90 Å². The van der Waals surface area contributed by atoms with Gasteiger partial charge in [0.05, 0.1) is 0 Å². The highest BCUT2D eigenvalue weighted by Gasteiger charge is 2.44. The van der Waals surface area contributed by atoms with Crippen LogP contribution >= 0.6 is 0 Å². The second kappa shape index (κ2) is 7.72. The maximum absolute atomic E-state index is 13.5. The van der Waals surface area contributed by atoms with Crippen LogP contribution in [0.15, 0.2) is 18.2 Å². The second-order valence-electron chi connectivity index (χ2n) is 8.32. The van der Waals surface area contributed by atoms with Crippen LogP contribution in [0.4, 0.5) is 19.3 Å². The van der Waals surface area contributed by atoms with Gasteiger partial charge in [-0.1, -0.05) is 0 Å². The number of hydrogen-bond donors (Lipinski definition) is 2. The summed E-state index contributed by atoms with van der Waals surface area (Å²) in [6.45, 7) is 3.26. The van der Waals surface area contributed by atoms with Crippen LogP contribution in [0, 0.1) is 23.5 Å². The largest absolute Gasteiger partial charge is 0.326 e. The molecule has 3 aliphatic rings. The fourth-order valence-corrected chi connectivity index (χ4v) is 4.64. The molecular formula is C20H28F2N4O. The molecule has 0 spiro atoms. The van der Waals surface area contributed by atoms with E-state index in [2.05, 4.69) is 10.2 Å². The molecule has 3 N–H and O–H groups in total. The molecule has 1 aliphatic heterocycles. The van der Waals surface area contributed by atoms with Gasteiger partial charge in [-0.2, -0.15) is 0 Å². The van der Waals surface area contributed by atoms with Gasteiger partial charge in [-0.25, -0.2) is 13.6 Å². The minimum absolute atomic E-state index is 0.218. The van der Waals surface area contributed by atoms with Crippen LogP contribution in [0.3, 0.4) is 0 Å². The van der Waals surface area contributed by atoms with E-state index < -0.39 is 11.6 Å². The molecule has 5 nitrogen and oxygen atoms in total. The van der Waals surface area contributed by atoms with Crippen LogP contribution < -0.4 is 11.1 Å². The number of fused-ring (bicyclic) bond motifs is 1. The average Bonchev–Trinajstić information content (AvgIpc) is 3.30. The Bertz CT molecular complexity index is 701. The van der Waals surface area contributed by atoms with Crippen molar-refractivity contribution in [2.24, 2.45) is 17.6 Å². The van der Waals surface area contributed by atoms with E-state index in [1.165, 1.54) is 18.9 Å². The first-order valence-corrected chi connectivity index (χ1v) is 10.00. The van der Waals surface area contributed by atoms with Crippen molar-refractivity contribution in [1.29, 1.82) is 0 Å². The summed E-state index contributed by atoms with van der Waals surface area (Å²) in [7, 11) is 0.